The number of aryl methyl sites for hydroxylation is 1. The van der Waals surface area contributed by atoms with Gasteiger partial charge in [0, 0.05) is 6.04 Å². The lowest BCUT2D eigenvalue weighted by atomic mass is 9.99. The molecule has 2 N–H and O–H groups in total. The van der Waals surface area contributed by atoms with Crippen molar-refractivity contribution in [2.45, 2.75) is 90.5 Å². The minimum atomic E-state index is 0.331. The number of nitrogens with two attached hydrogens (primary N) is 1. The second-order valence-electron chi connectivity index (χ2n) is 6.57. The van der Waals surface area contributed by atoms with Crippen LogP contribution >= 0.6 is 0 Å². The van der Waals surface area contributed by atoms with Crippen LogP contribution in [0, 0.1) is 6.92 Å². The first kappa shape index (κ1) is 18.2. The van der Waals surface area contributed by atoms with Crippen molar-refractivity contribution in [2.75, 3.05) is 0 Å². The van der Waals surface area contributed by atoms with Crippen LogP contribution in [-0.2, 0) is 6.42 Å². The average Bonchev–Trinajstić information content (AvgIpc) is 2.48. The van der Waals surface area contributed by atoms with Crippen molar-refractivity contribution in [2.24, 2.45) is 5.73 Å². The molecule has 0 aliphatic carbocycles. The second kappa shape index (κ2) is 11.8. The van der Waals surface area contributed by atoms with E-state index in [4.69, 9.17) is 5.73 Å². The maximum absolute atomic E-state index is 6.24. The maximum atomic E-state index is 6.24. The van der Waals surface area contributed by atoms with E-state index < -0.39 is 0 Å². The summed E-state index contributed by atoms with van der Waals surface area (Å²) in [7, 11) is 0. The third-order valence-corrected chi connectivity index (χ3v) is 4.30. The van der Waals surface area contributed by atoms with Gasteiger partial charge in [0.15, 0.2) is 0 Å². The van der Waals surface area contributed by atoms with E-state index in [2.05, 4.69) is 38.1 Å². The van der Waals surface area contributed by atoms with Gasteiger partial charge in [-0.3, -0.25) is 0 Å². The summed E-state index contributed by atoms with van der Waals surface area (Å²) in [6, 6.07) is 9.12. The molecule has 0 spiro atoms. The van der Waals surface area contributed by atoms with Crippen molar-refractivity contribution >= 4 is 0 Å². The summed E-state index contributed by atoms with van der Waals surface area (Å²) in [5, 5.41) is 0. The lowest BCUT2D eigenvalue weighted by Crippen LogP contribution is -2.22. The van der Waals surface area contributed by atoms with Gasteiger partial charge in [0.1, 0.15) is 0 Å². The van der Waals surface area contributed by atoms with Crippen molar-refractivity contribution in [1.82, 2.24) is 0 Å². The highest BCUT2D eigenvalue weighted by Gasteiger charge is 2.04. The topological polar surface area (TPSA) is 26.0 Å². The fraction of sp³-hybridized carbons (Fsp3) is 0.700. The zero-order chi connectivity index (χ0) is 15.3. The number of rotatable bonds is 12. The van der Waals surface area contributed by atoms with Gasteiger partial charge in [0.2, 0.25) is 0 Å². The monoisotopic (exact) mass is 289 g/mol. The van der Waals surface area contributed by atoms with E-state index in [1.807, 2.05) is 0 Å². The van der Waals surface area contributed by atoms with Crippen LogP contribution in [0.5, 0.6) is 0 Å². The molecular weight excluding hydrogens is 254 g/mol. The molecule has 0 saturated carbocycles. The molecule has 0 bridgehead atoms. The number of hydrogen-bond acceptors (Lipinski definition) is 1. The van der Waals surface area contributed by atoms with Crippen molar-refractivity contribution < 1.29 is 0 Å². The molecule has 0 saturated heterocycles. The third-order valence-electron chi connectivity index (χ3n) is 4.30. The second-order valence-corrected chi connectivity index (χ2v) is 6.57. The van der Waals surface area contributed by atoms with Crippen LogP contribution in [0.4, 0.5) is 0 Å². The highest BCUT2D eigenvalue weighted by molar-refractivity contribution is 5.21. The van der Waals surface area contributed by atoms with Gasteiger partial charge >= 0.3 is 0 Å². The van der Waals surface area contributed by atoms with Crippen molar-refractivity contribution in [1.29, 1.82) is 0 Å². The van der Waals surface area contributed by atoms with Gasteiger partial charge in [-0.15, -0.1) is 0 Å². The Kier molecular flexibility index (Phi) is 10.2. The average molecular weight is 290 g/mol. The standard InChI is InChI=1S/C20H35N/c1-3-4-5-6-7-8-9-10-11-12-20(21)17-19-15-13-18(2)14-16-19/h13-16,20H,3-12,17,21H2,1-2H3. The number of benzene rings is 1. The van der Waals surface area contributed by atoms with Crippen LogP contribution in [0.25, 0.3) is 0 Å². The van der Waals surface area contributed by atoms with Crippen molar-refractivity contribution in [3.8, 4) is 0 Å². The molecule has 1 rings (SSSR count). The molecule has 120 valence electrons. The predicted octanol–water partition coefficient (Wildman–Crippen LogP) is 5.79. The molecule has 1 aromatic carbocycles. The summed E-state index contributed by atoms with van der Waals surface area (Å²) in [6.07, 6.45) is 14.7. The van der Waals surface area contributed by atoms with E-state index >= 15 is 0 Å². The predicted molar refractivity (Wildman–Crippen MR) is 94.7 cm³/mol. The largest absolute Gasteiger partial charge is 0.327 e. The van der Waals surface area contributed by atoms with Gasteiger partial charge in [0.25, 0.3) is 0 Å². The molecular formula is C20H35N. The summed E-state index contributed by atoms with van der Waals surface area (Å²) < 4.78 is 0. The highest BCUT2D eigenvalue weighted by atomic mass is 14.6. The Morgan fingerprint density at radius 3 is 1.90 bits per heavy atom. The SMILES string of the molecule is CCCCCCCCCCCC(N)Cc1ccc(C)cc1. The molecule has 0 fully saturated rings. The molecule has 1 nitrogen and oxygen atoms in total. The lowest BCUT2D eigenvalue weighted by Gasteiger charge is -2.11. The molecule has 1 heteroatoms. The van der Waals surface area contributed by atoms with E-state index in [-0.39, 0.29) is 0 Å². The Bertz CT molecular complexity index is 341. The van der Waals surface area contributed by atoms with Gasteiger partial charge in [-0.1, -0.05) is 94.5 Å². The first-order chi connectivity index (χ1) is 10.2. The zero-order valence-electron chi connectivity index (χ0n) is 14.2. The molecule has 0 aliphatic heterocycles. The molecule has 0 aromatic heterocycles. The Balaban J connectivity index is 1.96. The Morgan fingerprint density at radius 1 is 0.810 bits per heavy atom. The smallest absolute Gasteiger partial charge is 0.00793 e. The summed E-state index contributed by atoms with van der Waals surface area (Å²) in [5.41, 5.74) is 8.94. The van der Waals surface area contributed by atoms with Gasteiger partial charge in [-0.2, -0.15) is 0 Å². The van der Waals surface area contributed by atoms with Crippen LogP contribution < -0.4 is 5.73 Å². The normalized spacial score (nSPS) is 12.5. The van der Waals surface area contributed by atoms with E-state index in [1.165, 1.54) is 75.3 Å². The van der Waals surface area contributed by atoms with Gasteiger partial charge in [-0.05, 0) is 25.3 Å². The Labute approximate surface area is 132 Å². The molecule has 21 heavy (non-hydrogen) atoms. The number of hydrogen-bond donors (Lipinski definition) is 1. The zero-order valence-corrected chi connectivity index (χ0v) is 14.2. The highest BCUT2D eigenvalue weighted by Crippen LogP contribution is 2.13. The molecule has 1 aromatic rings. The Hall–Kier alpha value is -0.820. The first-order valence-electron chi connectivity index (χ1n) is 9.03. The summed E-state index contributed by atoms with van der Waals surface area (Å²) in [4.78, 5) is 0. The van der Waals surface area contributed by atoms with E-state index in [1.54, 1.807) is 0 Å². The van der Waals surface area contributed by atoms with Gasteiger partial charge in [-0.25, -0.2) is 0 Å². The van der Waals surface area contributed by atoms with Gasteiger partial charge < -0.3 is 5.73 Å². The maximum Gasteiger partial charge on any atom is 0.00793 e. The fourth-order valence-electron chi connectivity index (χ4n) is 2.85. The molecule has 0 amide bonds. The molecule has 1 atom stereocenters. The lowest BCUT2D eigenvalue weighted by molar-refractivity contribution is 0.522. The minimum Gasteiger partial charge on any atom is -0.327 e. The fourth-order valence-corrected chi connectivity index (χ4v) is 2.85. The quantitative estimate of drug-likeness (QED) is 0.484. The van der Waals surface area contributed by atoms with Crippen LogP contribution in [0.2, 0.25) is 0 Å². The molecule has 0 radical (unpaired) electrons. The molecule has 1 unspecified atom stereocenters. The molecule has 0 aliphatic rings. The van der Waals surface area contributed by atoms with Crippen molar-refractivity contribution in [3.63, 3.8) is 0 Å². The van der Waals surface area contributed by atoms with E-state index in [0.29, 0.717) is 6.04 Å². The van der Waals surface area contributed by atoms with Crippen molar-refractivity contribution in [3.05, 3.63) is 35.4 Å². The van der Waals surface area contributed by atoms with Crippen LogP contribution in [0.1, 0.15) is 82.3 Å². The van der Waals surface area contributed by atoms with Crippen LogP contribution in [0.3, 0.4) is 0 Å². The minimum absolute atomic E-state index is 0.331. The first-order valence-corrected chi connectivity index (χ1v) is 9.03. The Morgan fingerprint density at radius 2 is 1.33 bits per heavy atom. The van der Waals surface area contributed by atoms with E-state index in [9.17, 15) is 0 Å². The summed E-state index contributed by atoms with van der Waals surface area (Å²) >= 11 is 0. The summed E-state index contributed by atoms with van der Waals surface area (Å²) in [6.45, 7) is 4.41. The van der Waals surface area contributed by atoms with Crippen LogP contribution in [-0.4, -0.2) is 6.04 Å². The summed E-state index contributed by atoms with van der Waals surface area (Å²) in [5.74, 6) is 0. The number of unbranched alkanes of at least 4 members (excludes halogenated alkanes) is 8. The third kappa shape index (κ3) is 9.68. The van der Waals surface area contributed by atoms with Gasteiger partial charge in [0.05, 0.1) is 0 Å². The van der Waals surface area contributed by atoms with Crippen LogP contribution in [0.15, 0.2) is 24.3 Å². The molecule has 0 heterocycles. The van der Waals surface area contributed by atoms with E-state index in [0.717, 1.165) is 6.42 Å².